The SMILES string of the molecule is COCCc1ccc(-c2csc(NC(=O)c3ccc4c(c3)NC(=O)CCS4)n2)cc1. The Hall–Kier alpha value is -2.68. The second-order valence-corrected chi connectivity index (χ2v) is 8.78. The van der Waals surface area contributed by atoms with Crippen molar-refractivity contribution in [1.29, 1.82) is 0 Å². The lowest BCUT2D eigenvalue weighted by Gasteiger charge is -2.08. The van der Waals surface area contributed by atoms with Crippen LogP contribution >= 0.6 is 23.1 Å². The van der Waals surface area contributed by atoms with Gasteiger partial charge in [-0.2, -0.15) is 0 Å². The van der Waals surface area contributed by atoms with Crippen molar-refractivity contribution in [3.8, 4) is 11.3 Å². The van der Waals surface area contributed by atoms with Gasteiger partial charge in [0.1, 0.15) is 0 Å². The minimum absolute atomic E-state index is 0.0309. The molecular formula is C22H21N3O3S2. The first-order valence-corrected chi connectivity index (χ1v) is 11.4. The number of nitrogens with one attached hydrogen (secondary N) is 2. The Morgan fingerprint density at radius 1 is 1.23 bits per heavy atom. The fourth-order valence-electron chi connectivity index (χ4n) is 3.06. The number of rotatable bonds is 6. The van der Waals surface area contributed by atoms with Crippen molar-refractivity contribution in [1.82, 2.24) is 4.98 Å². The lowest BCUT2D eigenvalue weighted by molar-refractivity contribution is -0.115. The van der Waals surface area contributed by atoms with Crippen LogP contribution in [0.5, 0.6) is 0 Å². The largest absolute Gasteiger partial charge is 0.384 e. The van der Waals surface area contributed by atoms with E-state index in [1.165, 1.54) is 16.9 Å². The van der Waals surface area contributed by atoms with Gasteiger partial charge in [-0.1, -0.05) is 24.3 Å². The number of anilines is 2. The van der Waals surface area contributed by atoms with Crippen LogP contribution in [-0.4, -0.2) is 36.3 Å². The number of hydrogen-bond acceptors (Lipinski definition) is 6. The average molecular weight is 440 g/mol. The molecule has 30 heavy (non-hydrogen) atoms. The number of thiazole rings is 1. The van der Waals surface area contributed by atoms with Gasteiger partial charge in [-0.15, -0.1) is 23.1 Å². The summed E-state index contributed by atoms with van der Waals surface area (Å²) in [6.07, 6.45) is 1.34. The summed E-state index contributed by atoms with van der Waals surface area (Å²) < 4.78 is 5.11. The highest BCUT2D eigenvalue weighted by atomic mass is 32.2. The van der Waals surface area contributed by atoms with Crippen LogP contribution in [0.15, 0.2) is 52.7 Å². The van der Waals surface area contributed by atoms with E-state index in [0.29, 0.717) is 29.4 Å². The monoisotopic (exact) mass is 439 g/mol. The molecule has 6 nitrogen and oxygen atoms in total. The zero-order chi connectivity index (χ0) is 20.9. The summed E-state index contributed by atoms with van der Waals surface area (Å²) in [5.41, 5.74) is 4.19. The van der Waals surface area contributed by atoms with E-state index in [1.54, 1.807) is 31.0 Å². The molecule has 0 radical (unpaired) electrons. The number of carbonyl (C=O) groups is 2. The molecule has 0 spiro atoms. The van der Waals surface area contributed by atoms with Gasteiger partial charge < -0.3 is 10.1 Å². The molecule has 0 atom stereocenters. The molecule has 2 heterocycles. The summed E-state index contributed by atoms with van der Waals surface area (Å²) in [6, 6.07) is 13.5. The molecule has 2 aromatic carbocycles. The molecule has 154 valence electrons. The molecule has 4 rings (SSSR count). The number of nitrogens with zero attached hydrogens (tertiary/aromatic N) is 1. The first-order valence-electron chi connectivity index (χ1n) is 9.54. The lowest BCUT2D eigenvalue weighted by Crippen LogP contribution is -2.14. The van der Waals surface area contributed by atoms with E-state index >= 15 is 0 Å². The summed E-state index contributed by atoms with van der Waals surface area (Å²) in [7, 11) is 1.69. The summed E-state index contributed by atoms with van der Waals surface area (Å²) >= 11 is 2.99. The van der Waals surface area contributed by atoms with Crippen molar-refractivity contribution in [2.75, 3.05) is 30.1 Å². The van der Waals surface area contributed by atoms with Crippen LogP contribution in [0, 0.1) is 0 Å². The van der Waals surface area contributed by atoms with Crippen molar-refractivity contribution in [2.24, 2.45) is 0 Å². The van der Waals surface area contributed by atoms with Gasteiger partial charge >= 0.3 is 0 Å². The number of aromatic nitrogens is 1. The molecule has 3 aromatic rings. The van der Waals surface area contributed by atoms with Gasteiger partial charge in [-0.25, -0.2) is 4.98 Å². The number of amides is 2. The number of methoxy groups -OCH3 is 1. The van der Waals surface area contributed by atoms with E-state index in [-0.39, 0.29) is 11.8 Å². The van der Waals surface area contributed by atoms with Crippen molar-refractivity contribution in [3.63, 3.8) is 0 Å². The number of hydrogen-bond donors (Lipinski definition) is 2. The Morgan fingerprint density at radius 3 is 2.87 bits per heavy atom. The van der Waals surface area contributed by atoms with Gasteiger partial charge in [-0.3, -0.25) is 14.9 Å². The first kappa shape index (κ1) is 20.6. The Balaban J connectivity index is 1.45. The van der Waals surface area contributed by atoms with Gasteiger partial charge in [0, 0.05) is 40.7 Å². The fraction of sp³-hybridized carbons (Fsp3) is 0.227. The zero-order valence-corrected chi connectivity index (χ0v) is 18.1. The van der Waals surface area contributed by atoms with Crippen molar-refractivity contribution >= 4 is 45.7 Å². The van der Waals surface area contributed by atoms with Crippen LogP contribution in [0.1, 0.15) is 22.3 Å². The highest BCUT2D eigenvalue weighted by molar-refractivity contribution is 7.99. The standard InChI is InChI=1S/C22H21N3O3S2/c1-28-10-8-14-2-4-15(5-3-14)18-13-30-22(24-18)25-21(27)16-6-7-19-17(12-16)23-20(26)9-11-29-19/h2-7,12-13H,8-11H2,1H3,(H,23,26)(H,24,25,27). The van der Waals surface area contributed by atoms with Crippen LogP contribution in [0.3, 0.4) is 0 Å². The molecule has 0 saturated heterocycles. The first-order chi connectivity index (χ1) is 14.6. The molecule has 1 aromatic heterocycles. The quantitative estimate of drug-likeness (QED) is 0.583. The molecule has 0 aliphatic carbocycles. The van der Waals surface area contributed by atoms with Gasteiger partial charge in [0.15, 0.2) is 5.13 Å². The van der Waals surface area contributed by atoms with Gasteiger partial charge in [0.25, 0.3) is 5.91 Å². The minimum atomic E-state index is -0.253. The second-order valence-electron chi connectivity index (χ2n) is 6.79. The number of ether oxygens (including phenoxy) is 1. The third-order valence-corrected chi connectivity index (χ3v) is 6.50. The Bertz CT molecular complexity index is 1060. The molecule has 8 heteroatoms. The maximum atomic E-state index is 12.7. The fourth-order valence-corrected chi connectivity index (χ4v) is 4.71. The summed E-state index contributed by atoms with van der Waals surface area (Å²) in [5.74, 6) is 0.452. The predicted molar refractivity (Wildman–Crippen MR) is 121 cm³/mol. The Kier molecular flexibility index (Phi) is 6.47. The maximum Gasteiger partial charge on any atom is 0.257 e. The van der Waals surface area contributed by atoms with Crippen LogP contribution in [-0.2, 0) is 16.0 Å². The molecule has 2 N–H and O–H groups in total. The second kappa shape index (κ2) is 9.42. The summed E-state index contributed by atoms with van der Waals surface area (Å²) in [4.78, 5) is 30.0. The molecule has 0 unspecified atom stereocenters. The topological polar surface area (TPSA) is 80.3 Å². The average Bonchev–Trinajstić information content (AvgIpc) is 3.13. The van der Waals surface area contributed by atoms with Crippen LogP contribution in [0.25, 0.3) is 11.3 Å². The van der Waals surface area contributed by atoms with Gasteiger partial charge in [-0.05, 0) is 30.2 Å². The lowest BCUT2D eigenvalue weighted by atomic mass is 10.1. The third-order valence-electron chi connectivity index (χ3n) is 4.67. The van der Waals surface area contributed by atoms with Crippen LogP contribution < -0.4 is 10.6 Å². The smallest absolute Gasteiger partial charge is 0.257 e. The van der Waals surface area contributed by atoms with E-state index in [0.717, 1.165) is 28.3 Å². The number of fused-ring (bicyclic) bond motifs is 1. The van der Waals surface area contributed by atoms with Crippen molar-refractivity contribution in [3.05, 3.63) is 59.0 Å². The van der Waals surface area contributed by atoms with Gasteiger partial charge in [0.2, 0.25) is 5.91 Å². The van der Waals surface area contributed by atoms with E-state index in [4.69, 9.17) is 4.74 Å². The summed E-state index contributed by atoms with van der Waals surface area (Å²) in [6.45, 7) is 0.692. The Morgan fingerprint density at radius 2 is 2.07 bits per heavy atom. The maximum absolute atomic E-state index is 12.7. The predicted octanol–water partition coefficient (Wildman–Crippen LogP) is 4.69. The zero-order valence-electron chi connectivity index (χ0n) is 16.4. The molecule has 1 aliphatic heterocycles. The van der Waals surface area contributed by atoms with E-state index < -0.39 is 0 Å². The van der Waals surface area contributed by atoms with Crippen LogP contribution in [0.4, 0.5) is 10.8 Å². The molecule has 0 bridgehead atoms. The number of carbonyl (C=O) groups excluding carboxylic acids is 2. The van der Waals surface area contributed by atoms with Crippen LogP contribution in [0.2, 0.25) is 0 Å². The van der Waals surface area contributed by atoms with Gasteiger partial charge in [0.05, 0.1) is 18.0 Å². The Labute approximate surface area is 183 Å². The minimum Gasteiger partial charge on any atom is -0.384 e. The molecule has 1 aliphatic rings. The van der Waals surface area contributed by atoms with E-state index in [1.807, 2.05) is 23.6 Å². The third kappa shape index (κ3) is 4.89. The van der Waals surface area contributed by atoms with Crippen molar-refractivity contribution in [2.45, 2.75) is 17.7 Å². The number of thioether (sulfide) groups is 1. The van der Waals surface area contributed by atoms with E-state index in [2.05, 4.69) is 27.8 Å². The van der Waals surface area contributed by atoms with E-state index in [9.17, 15) is 9.59 Å². The highest BCUT2D eigenvalue weighted by Crippen LogP contribution is 2.32. The molecule has 0 saturated carbocycles. The molecular weight excluding hydrogens is 418 g/mol. The van der Waals surface area contributed by atoms with Crippen molar-refractivity contribution < 1.29 is 14.3 Å². The molecule has 2 amide bonds. The highest BCUT2D eigenvalue weighted by Gasteiger charge is 2.16. The normalized spacial score (nSPS) is 13.3. The molecule has 0 fully saturated rings. The summed E-state index contributed by atoms with van der Waals surface area (Å²) in [5, 5.41) is 8.18. The number of benzene rings is 2.